The van der Waals surface area contributed by atoms with Crippen LogP contribution in [0.25, 0.3) is 0 Å². The largest absolute Gasteiger partial charge is 0.336 e. The molecule has 1 fully saturated rings. The van der Waals surface area contributed by atoms with Crippen LogP contribution in [-0.2, 0) is 23.1 Å². The van der Waals surface area contributed by atoms with E-state index in [1.54, 1.807) is 40.8 Å². The molecule has 0 spiro atoms. The van der Waals surface area contributed by atoms with Gasteiger partial charge in [-0.15, -0.1) is 0 Å². The minimum atomic E-state index is -0.418. The average molecular weight is 356 g/mol. The van der Waals surface area contributed by atoms with Crippen LogP contribution in [0.4, 0.5) is 10.1 Å². The van der Waals surface area contributed by atoms with E-state index in [1.807, 2.05) is 12.1 Å². The predicted octanol–water partition coefficient (Wildman–Crippen LogP) is 2.06. The van der Waals surface area contributed by atoms with Gasteiger partial charge in [0.1, 0.15) is 5.82 Å². The molecule has 1 saturated heterocycles. The van der Waals surface area contributed by atoms with Crippen LogP contribution in [0.1, 0.15) is 30.1 Å². The lowest BCUT2D eigenvalue weighted by atomic mass is 9.85. The first-order valence-corrected chi connectivity index (χ1v) is 8.81. The number of piperidine rings is 1. The van der Waals surface area contributed by atoms with E-state index >= 15 is 0 Å². The highest BCUT2D eigenvalue weighted by Gasteiger charge is 2.43. The number of rotatable bonds is 2. The van der Waals surface area contributed by atoms with Gasteiger partial charge in [-0.3, -0.25) is 14.3 Å². The van der Waals surface area contributed by atoms with Crippen LogP contribution in [0.15, 0.2) is 30.5 Å². The fourth-order valence-corrected chi connectivity index (χ4v) is 4.20. The van der Waals surface area contributed by atoms with Crippen LogP contribution in [0.5, 0.6) is 0 Å². The van der Waals surface area contributed by atoms with Gasteiger partial charge in [0.2, 0.25) is 11.8 Å². The number of carbonyl (C=O) groups excluding carboxylic acids is 2. The average Bonchev–Trinajstić information content (AvgIpc) is 3.24. The highest BCUT2D eigenvalue weighted by atomic mass is 19.1. The molecule has 0 aliphatic carbocycles. The Bertz CT molecular complexity index is 878. The third-order valence-electron chi connectivity index (χ3n) is 5.55. The molecule has 0 radical (unpaired) electrons. The van der Waals surface area contributed by atoms with Gasteiger partial charge < -0.3 is 9.80 Å². The third-order valence-corrected chi connectivity index (χ3v) is 5.55. The molecule has 136 valence electrons. The smallest absolute Gasteiger partial charge is 0.232 e. The zero-order valence-electron chi connectivity index (χ0n) is 14.9. The number of likely N-dealkylation sites (tertiary alicyclic amines) is 1. The summed E-state index contributed by atoms with van der Waals surface area (Å²) in [6.07, 6.45) is 3.09. The summed E-state index contributed by atoms with van der Waals surface area (Å²) in [6, 6.07) is 6.36. The van der Waals surface area contributed by atoms with Crippen LogP contribution >= 0.6 is 0 Å². The molecule has 2 aliphatic rings. The number of hydrogen-bond acceptors (Lipinski definition) is 3. The predicted molar refractivity (Wildman–Crippen MR) is 93.9 cm³/mol. The molecule has 1 aromatic heterocycles. The molecule has 26 heavy (non-hydrogen) atoms. The van der Waals surface area contributed by atoms with Crippen LogP contribution in [0.2, 0.25) is 0 Å². The van der Waals surface area contributed by atoms with Crippen molar-refractivity contribution in [1.29, 1.82) is 0 Å². The molecule has 2 atom stereocenters. The number of para-hydroxylation sites is 1. The zero-order chi connectivity index (χ0) is 18.4. The normalized spacial score (nSPS) is 22.7. The van der Waals surface area contributed by atoms with Crippen LogP contribution in [0, 0.1) is 11.7 Å². The molecule has 6 nitrogen and oxygen atoms in total. The first-order chi connectivity index (χ1) is 12.5. The fourth-order valence-electron chi connectivity index (χ4n) is 4.20. The van der Waals surface area contributed by atoms with Crippen LogP contribution in [0.3, 0.4) is 0 Å². The molecule has 2 aromatic rings. The summed E-state index contributed by atoms with van der Waals surface area (Å²) in [5.74, 6) is -0.906. The number of amides is 2. The maximum Gasteiger partial charge on any atom is 0.232 e. The molecule has 0 saturated carbocycles. The number of hydrogen-bond donors (Lipinski definition) is 0. The molecule has 4 rings (SSSR count). The molecule has 1 aromatic carbocycles. The fraction of sp³-hybridized carbons (Fsp3) is 0.421. The SMILES string of the molecule is CN1C(=O)CC[C@H](C(=O)N2CCc3cccc(F)c32)[C@H]1c1ccnn1C. The third kappa shape index (κ3) is 2.50. The Kier molecular flexibility index (Phi) is 4.01. The number of halogens is 1. The summed E-state index contributed by atoms with van der Waals surface area (Å²) in [5.41, 5.74) is 2.06. The van der Waals surface area contributed by atoms with Gasteiger partial charge >= 0.3 is 0 Å². The van der Waals surface area contributed by atoms with E-state index in [-0.39, 0.29) is 17.6 Å². The maximum absolute atomic E-state index is 14.4. The van der Waals surface area contributed by atoms with E-state index in [2.05, 4.69) is 5.10 Å². The Morgan fingerprint density at radius 2 is 2.04 bits per heavy atom. The second-order valence-electron chi connectivity index (χ2n) is 6.96. The first kappa shape index (κ1) is 16.8. The lowest BCUT2D eigenvalue weighted by Crippen LogP contribution is -2.48. The Morgan fingerprint density at radius 1 is 1.23 bits per heavy atom. The van der Waals surface area contributed by atoms with E-state index in [9.17, 15) is 14.0 Å². The van der Waals surface area contributed by atoms with Gasteiger partial charge in [-0.2, -0.15) is 5.10 Å². The molecule has 2 amide bonds. The lowest BCUT2D eigenvalue weighted by Gasteiger charge is -2.39. The highest BCUT2D eigenvalue weighted by molar-refractivity contribution is 5.98. The van der Waals surface area contributed by atoms with Crippen molar-refractivity contribution in [2.75, 3.05) is 18.5 Å². The monoisotopic (exact) mass is 356 g/mol. The molecule has 3 heterocycles. The van der Waals surface area contributed by atoms with Gasteiger partial charge in [0.25, 0.3) is 0 Å². The molecular weight excluding hydrogens is 335 g/mol. The summed E-state index contributed by atoms with van der Waals surface area (Å²) < 4.78 is 16.1. The van der Waals surface area contributed by atoms with Crippen molar-refractivity contribution in [3.05, 3.63) is 47.5 Å². The summed E-state index contributed by atoms with van der Waals surface area (Å²) in [6.45, 7) is 0.474. The Balaban J connectivity index is 1.71. The van der Waals surface area contributed by atoms with Crippen molar-refractivity contribution in [2.45, 2.75) is 25.3 Å². The lowest BCUT2D eigenvalue weighted by molar-refractivity contribution is -0.141. The number of aromatic nitrogens is 2. The van der Waals surface area contributed by atoms with Gasteiger partial charge in [0.15, 0.2) is 0 Å². The second kappa shape index (κ2) is 6.23. The van der Waals surface area contributed by atoms with E-state index in [0.717, 1.165) is 11.3 Å². The molecule has 0 unspecified atom stereocenters. The van der Waals surface area contributed by atoms with Crippen LogP contribution in [-0.4, -0.2) is 40.1 Å². The Morgan fingerprint density at radius 3 is 2.77 bits per heavy atom. The molecular formula is C19H21FN4O2. The van der Waals surface area contributed by atoms with E-state index in [4.69, 9.17) is 0 Å². The Hall–Kier alpha value is -2.70. The van der Waals surface area contributed by atoms with Gasteiger partial charge in [0, 0.05) is 33.3 Å². The van der Waals surface area contributed by atoms with Crippen molar-refractivity contribution in [3.8, 4) is 0 Å². The number of nitrogens with zero attached hydrogens (tertiary/aromatic N) is 4. The van der Waals surface area contributed by atoms with Gasteiger partial charge in [-0.1, -0.05) is 12.1 Å². The highest BCUT2D eigenvalue weighted by Crippen LogP contribution is 2.39. The summed E-state index contributed by atoms with van der Waals surface area (Å²) in [7, 11) is 3.52. The second-order valence-corrected chi connectivity index (χ2v) is 6.96. The summed E-state index contributed by atoms with van der Waals surface area (Å²) >= 11 is 0. The minimum absolute atomic E-state index is 0.00764. The number of fused-ring (bicyclic) bond motifs is 1. The first-order valence-electron chi connectivity index (χ1n) is 8.81. The van der Waals surface area contributed by atoms with E-state index in [1.165, 1.54) is 6.07 Å². The molecule has 0 bridgehead atoms. The summed E-state index contributed by atoms with van der Waals surface area (Å²) in [5, 5.41) is 4.19. The van der Waals surface area contributed by atoms with Gasteiger partial charge in [-0.05, 0) is 30.5 Å². The van der Waals surface area contributed by atoms with Crippen molar-refractivity contribution in [3.63, 3.8) is 0 Å². The Labute approximate surface area is 151 Å². The van der Waals surface area contributed by atoms with E-state index < -0.39 is 12.0 Å². The summed E-state index contributed by atoms with van der Waals surface area (Å²) in [4.78, 5) is 28.8. The van der Waals surface area contributed by atoms with Crippen molar-refractivity contribution >= 4 is 17.5 Å². The minimum Gasteiger partial charge on any atom is -0.336 e. The number of carbonyl (C=O) groups is 2. The topological polar surface area (TPSA) is 58.4 Å². The zero-order valence-corrected chi connectivity index (χ0v) is 14.9. The molecule has 2 aliphatic heterocycles. The molecule has 0 N–H and O–H groups in total. The van der Waals surface area contributed by atoms with Gasteiger partial charge in [0.05, 0.1) is 23.3 Å². The van der Waals surface area contributed by atoms with Crippen molar-refractivity contribution < 1.29 is 14.0 Å². The standard InChI is InChI=1S/C19H21FN4O2/c1-22-16(25)7-6-13(18(22)15-8-10-21-23(15)2)19(26)24-11-9-12-4-3-5-14(20)17(12)24/h3-5,8,10,13,18H,6-7,9,11H2,1-2H3/t13-,18-/m0/s1. The van der Waals surface area contributed by atoms with Crippen molar-refractivity contribution in [2.24, 2.45) is 13.0 Å². The van der Waals surface area contributed by atoms with E-state index in [0.29, 0.717) is 31.5 Å². The van der Waals surface area contributed by atoms with Crippen LogP contribution < -0.4 is 4.90 Å². The maximum atomic E-state index is 14.4. The molecule has 7 heteroatoms. The number of anilines is 1. The van der Waals surface area contributed by atoms with Gasteiger partial charge in [-0.25, -0.2) is 4.39 Å². The number of benzene rings is 1. The van der Waals surface area contributed by atoms with Crippen molar-refractivity contribution in [1.82, 2.24) is 14.7 Å². The number of aryl methyl sites for hydroxylation is 1. The quantitative estimate of drug-likeness (QED) is 0.828.